The Morgan fingerprint density at radius 2 is 1.92 bits per heavy atom. The molecule has 0 saturated heterocycles. The van der Waals surface area contributed by atoms with E-state index in [9.17, 15) is 23.1 Å². The van der Waals surface area contributed by atoms with Gasteiger partial charge < -0.3 is 14.6 Å². The third-order valence-corrected chi connectivity index (χ3v) is 3.59. The molecule has 0 aliphatic heterocycles. The van der Waals surface area contributed by atoms with Crippen LogP contribution in [0.2, 0.25) is 5.02 Å². The summed E-state index contributed by atoms with van der Waals surface area (Å²) in [4.78, 5) is 14.9. The van der Waals surface area contributed by atoms with Gasteiger partial charge in [-0.15, -0.1) is 0 Å². The van der Waals surface area contributed by atoms with Crippen molar-refractivity contribution in [3.8, 4) is 11.6 Å². The highest BCUT2D eigenvalue weighted by molar-refractivity contribution is 6.31. The number of aliphatic hydroxyl groups is 1. The van der Waals surface area contributed by atoms with Crippen LogP contribution < -0.4 is 4.74 Å². The zero-order valence-electron chi connectivity index (χ0n) is 13.4. The van der Waals surface area contributed by atoms with E-state index in [1.807, 2.05) is 0 Å². The van der Waals surface area contributed by atoms with Crippen LogP contribution in [0.25, 0.3) is 0 Å². The number of rotatable bonds is 5. The lowest BCUT2D eigenvalue weighted by Gasteiger charge is -2.13. The van der Waals surface area contributed by atoms with E-state index in [1.165, 1.54) is 24.3 Å². The van der Waals surface area contributed by atoms with Crippen molar-refractivity contribution < 1.29 is 32.5 Å². The van der Waals surface area contributed by atoms with E-state index in [2.05, 4.69) is 16.3 Å². The molecular weight excluding hydrogens is 375 g/mol. The van der Waals surface area contributed by atoms with E-state index in [4.69, 9.17) is 16.3 Å². The summed E-state index contributed by atoms with van der Waals surface area (Å²) in [5.74, 6) is -0.732. The third kappa shape index (κ3) is 4.53. The Hall–Kier alpha value is -2.58. The second-order valence-electron chi connectivity index (χ2n) is 5.10. The zero-order chi connectivity index (χ0) is 19.5. The first kappa shape index (κ1) is 19.7. The molecule has 1 atom stereocenters. The van der Waals surface area contributed by atoms with Crippen LogP contribution in [0.4, 0.5) is 13.2 Å². The first-order valence-electron chi connectivity index (χ1n) is 7.09. The number of halogens is 4. The molecule has 0 aliphatic carbocycles. The normalized spacial score (nSPS) is 12.4. The van der Waals surface area contributed by atoms with E-state index in [1.54, 1.807) is 0 Å². The molecule has 26 heavy (non-hydrogen) atoms. The topological polar surface area (TPSA) is 68.7 Å². The largest absolute Gasteiger partial charge is 0.466 e. The van der Waals surface area contributed by atoms with E-state index in [0.29, 0.717) is 17.8 Å². The average molecular weight is 388 g/mol. The number of pyridine rings is 1. The second-order valence-corrected chi connectivity index (χ2v) is 5.51. The van der Waals surface area contributed by atoms with Crippen molar-refractivity contribution in [1.29, 1.82) is 0 Å². The minimum atomic E-state index is -4.56. The van der Waals surface area contributed by atoms with Crippen molar-refractivity contribution in [3.63, 3.8) is 0 Å². The van der Waals surface area contributed by atoms with Crippen molar-refractivity contribution in [2.45, 2.75) is 12.3 Å². The van der Waals surface area contributed by atoms with Gasteiger partial charge in [-0.2, -0.15) is 13.2 Å². The van der Waals surface area contributed by atoms with Gasteiger partial charge in [0.1, 0.15) is 16.9 Å². The number of aliphatic hydroxyl groups excluding tert-OH is 1. The number of methoxy groups -OCH3 is 1. The monoisotopic (exact) mass is 387 g/mol. The quantitative estimate of drug-likeness (QED) is 0.611. The zero-order valence-corrected chi connectivity index (χ0v) is 14.1. The standard InChI is InChI=1S/C17H13ClF3NO4/c1-9(16(24)25-2)14(23)10-3-5-12(6-4-10)26-15-13(18)7-11(8-22-15)17(19,20)21/h3-8,14,23H,1H2,2H3. The van der Waals surface area contributed by atoms with Gasteiger partial charge in [0.2, 0.25) is 5.88 Å². The lowest BCUT2D eigenvalue weighted by molar-refractivity contribution is -0.138. The number of benzene rings is 1. The first-order valence-corrected chi connectivity index (χ1v) is 7.47. The summed E-state index contributed by atoms with van der Waals surface area (Å²) >= 11 is 5.77. The molecule has 0 bridgehead atoms. The molecule has 5 nitrogen and oxygen atoms in total. The van der Waals surface area contributed by atoms with Crippen LogP contribution in [0.15, 0.2) is 48.7 Å². The SMILES string of the molecule is C=C(C(=O)OC)C(O)c1ccc(Oc2ncc(C(F)(F)F)cc2Cl)cc1. The Bertz CT molecular complexity index is 822. The van der Waals surface area contributed by atoms with Crippen LogP contribution in [0, 0.1) is 0 Å². The van der Waals surface area contributed by atoms with Gasteiger partial charge in [0.25, 0.3) is 0 Å². The molecule has 2 aromatic rings. The predicted molar refractivity (Wildman–Crippen MR) is 86.9 cm³/mol. The van der Waals surface area contributed by atoms with Crippen molar-refractivity contribution in [2.24, 2.45) is 0 Å². The maximum Gasteiger partial charge on any atom is 0.417 e. The van der Waals surface area contributed by atoms with Gasteiger partial charge >= 0.3 is 12.1 Å². The summed E-state index contributed by atoms with van der Waals surface area (Å²) in [7, 11) is 1.16. The maximum atomic E-state index is 12.6. The van der Waals surface area contributed by atoms with Gasteiger partial charge in [0, 0.05) is 6.20 Å². The fraction of sp³-hybridized carbons (Fsp3) is 0.176. The Balaban J connectivity index is 2.15. The summed E-state index contributed by atoms with van der Waals surface area (Å²) in [6.45, 7) is 3.46. The van der Waals surface area contributed by atoms with Crippen LogP contribution >= 0.6 is 11.6 Å². The number of carbonyl (C=O) groups is 1. The molecule has 1 unspecified atom stereocenters. The molecule has 138 valence electrons. The van der Waals surface area contributed by atoms with Crippen LogP contribution in [0.1, 0.15) is 17.2 Å². The van der Waals surface area contributed by atoms with E-state index >= 15 is 0 Å². The summed E-state index contributed by atoms with van der Waals surface area (Å²) in [6.07, 6.45) is -5.22. The van der Waals surface area contributed by atoms with Crippen LogP contribution in [0.3, 0.4) is 0 Å². The Morgan fingerprint density at radius 3 is 2.42 bits per heavy atom. The van der Waals surface area contributed by atoms with Gasteiger partial charge in [-0.05, 0) is 23.8 Å². The summed E-state index contributed by atoms with van der Waals surface area (Å²) < 4.78 is 47.6. The lowest BCUT2D eigenvalue weighted by atomic mass is 10.0. The molecule has 0 aliphatic rings. The number of esters is 1. The molecule has 1 heterocycles. The van der Waals surface area contributed by atoms with Gasteiger partial charge in [0.15, 0.2) is 0 Å². The summed E-state index contributed by atoms with van der Waals surface area (Å²) in [6, 6.07) is 6.47. The maximum absolute atomic E-state index is 12.6. The lowest BCUT2D eigenvalue weighted by Crippen LogP contribution is -2.11. The number of aromatic nitrogens is 1. The Morgan fingerprint density at radius 1 is 1.31 bits per heavy atom. The van der Waals surface area contributed by atoms with Crippen LogP contribution in [-0.2, 0) is 15.7 Å². The molecule has 0 amide bonds. The molecule has 2 rings (SSSR count). The molecule has 9 heteroatoms. The minimum Gasteiger partial charge on any atom is -0.466 e. The molecular formula is C17H13ClF3NO4. The number of hydrogen-bond acceptors (Lipinski definition) is 5. The molecule has 0 radical (unpaired) electrons. The molecule has 0 fully saturated rings. The van der Waals surface area contributed by atoms with Gasteiger partial charge in [-0.3, -0.25) is 0 Å². The highest BCUT2D eigenvalue weighted by Gasteiger charge is 2.31. The van der Waals surface area contributed by atoms with Gasteiger partial charge in [-0.25, -0.2) is 9.78 Å². The fourth-order valence-corrected chi connectivity index (χ4v) is 2.13. The molecule has 1 aromatic carbocycles. The van der Waals surface area contributed by atoms with Crippen molar-refractivity contribution in [1.82, 2.24) is 4.98 Å². The molecule has 0 saturated carbocycles. The number of hydrogen-bond donors (Lipinski definition) is 1. The second kappa shape index (κ2) is 7.76. The fourth-order valence-electron chi connectivity index (χ4n) is 1.93. The smallest absolute Gasteiger partial charge is 0.417 e. The molecule has 1 N–H and O–H groups in total. The highest BCUT2D eigenvalue weighted by atomic mass is 35.5. The highest BCUT2D eigenvalue weighted by Crippen LogP contribution is 2.35. The van der Waals surface area contributed by atoms with Gasteiger partial charge in [0.05, 0.1) is 18.2 Å². The number of carbonyl (C=O) groups excluding carboxylic acids is 1. The van der Waals surface area contributed by atoms with Crippen molar-refractivity contribution in [2.75, 3.05) is 7.11 Å². The Kier molecular flexibility index (Phi) is 5.89. The van der Waals surface area contributed by atoms with E-state index in [0.717, 1.165) is 7.11 Å². The summed E-state index contributed by atoms with van der Waals surface area (Å²) in [5.41, 5.74) is -0.789. The number of nitrogens with zero attached hydrogens (tertiary/aromatic N) is 1. The Labute approximate surface area is 151 Å². The summed E-state index contributed by atoms with van der Waals surface area (Å²) in [5, 5.41) is 9.74. The van der Waals surface area contributed by atoms with Crippen molar-refractivity contribution >= 4 is 17.6 Å². The van der Waals surface area contributed by atoms with Crippen LogP contribution in [0.5, 0.6) is 11.6 Å². The van der Waals surface area contributed by atoms with E-state index in [-0.39, 0.29) is 22.2 Å². The van der Waals surface area contributed by atoms with Crippen LogP contribution in [-0.4, -0.2) is 23.2 Å². The molecule has 0 spiro atoms. The first-order chi connectivity index (χ1) is 12.1. The van der Waals surface area contributed by atoms with Gasteiger partial charge in [-0.1, -0.05) is 30.3 Å². The average Bonchev–Trinajstić information content (AvgIpc) is 2.61. The number of ether oxygens (including phenoxy) is 2. The van der Waals surface area contributed by atoms with Crippen molar-refractivity contribution in [3.05, 3.63) is 64.8 Å². The molecule has 1 aromatic heterocycles. The number of alkyl halides is 3. The minimum absolute atomic E-state index is 0.145. The predicted octanol–water partition coefficient (Wildman–Crippen LogP) is 4.31. The third-order valence-electron chi connectivity index (χ3n) is 3.32. The van der Waals surface area contributed by atoms with E-state index < -0.39 is 23.8 Å².